The van der Waals surface area contributed by atoms with Crippen LogP contribution in [0.25, 0.3) is 0 Å². The van der Waals surface area contributed by atoms with Crippen LogP contribution < -0.4 is 10.6 Å². The molecule has 2 aromatic carbocycles. The van der Waals surface area contributed by atoms with Gasteiger partial charge in [0.25, 0.3) is 11.8 Å². The van der Waals surface area contributed by atoms with E-state index in [0.29, 0.717) is 17.7 Å². The van der Waals surface area contributed by atoms with Crippen molar-refractivity contribution in [2.75, 3.05) is 11.9 Å². The fourth-order valence-corrected chi connectivity index (χ4v) is 2.95. The lowest BCUT2D eigenvalue weighted by Gasteiger charge is -2.12. The molecular weight excluding hydrogens is 350 g/mol. The van der Waals surface area contributed by atoms with Crippen LogP contribution in [-0.2, 0) is 6.42 Å². The van der Waals surface area contributed by atoms with Gasteiger partial charge in [0.1, 0.15) is 0 Å². The Kier molecular flexibility index (Phi) is 6.17. The summed E-state index contributed by atoms with van der Waals surface area (Å²) in [5, 5.41) is 5.79. The zero-order valence-electron chi connectivity index (χ0n) is 16.0. The predicted molar refractivity (Wildman–Crippen MR) is 111 cm³/mol. The summed E-state index contributed by atoms with van der Waals surface area (Å²) < 4.78 is 0. The molecule has 0 aliphatic rings. The highest BCUT2D eigenvalue weighted by molar-refractivity contribution is 6.06. The van der Waals surface area contributed by atoms with Gasteiger partial charge < -0.3 is 10.6 Å². The SMILES string of the molecule is Cc1cccc(C)c1NC(=O)c1cncc(C(=O)NCCc2ccccc2)c1. The fraction of sp³-hybridized carbons (Fsp3) is 0.174. The first-order valence-corrected chi connectivity index (χ1v) is 9.19. The van der Waals surface area contributed by atoms with Crippen LogP contribution in [0.3, 0.4) is 0 Å². The van der Waals surface area contributed by atoms with Gasteiger partial charge in [-0.15, -0.1) is 0 Å². The van der Waals surface area contributed by atoms with E-state index in [1.807, 2.05) is 62.4 Å². The van der Waals surface area contributed by atoms with E-state index >= 15 is 0 Å². The third kappa shape index (κ3) is 4.82. The highest BCUT2D eigenvalue weighted by Crippen LogP contribution is 2.20. The molecule has 28 heavy (non-hydrogen) atoms. The number of hydrogen-bond donors (Lipinski definition) is 2. The van der Waals surface area contributed by atoms with Crippen molar-refractivity contribution in [1.82, 2.24) is 10.3 Å². The monoisotopic (exact) mass is 373 g/mol. The van der Waals surface area contributed by atoms with Crippen molar-refractivity contribution in [3.63, 3.8) is 0 Å². The maximum atomic E-state index is 12.6. The molecule has 5 heteroatoms. The number of nitrogens with zero attached hydrogens (tertiary/aromatic N) is 1. The van der Waals surface area contributed by atoms with Crippen LogP contribution in [0.5, 0.6) is 0 Å². The Morgan fingerprint density at radius 2 is 1.50 bits per heavy atom. The number of rotatable bonds is 6. The second kappa shape index (κ2) is 8.95. The molecule has 5 nitrogen and oxygen atoms in total. The van der Waals surface area contributed by atoms with E-state index < -0.39 is 0 Å². The first kappa shape index (κ1) is 19.3. The maximum Gasteiger partial charge on any atom is 0.257 e. The molecule has 0 atom stereocenters. The summed E-state index contributed by atoms with van der Waals surface area (Å²) in [6.07, 6.45) is 3.67. The number of carbonyl (C=O) groups is 2. The Hall–Kier alpha value is -3.47. The van der Waals surface area contributed by atoms with Crippen molar-refractivity contribution in [3.05, 3.63) is 94.8 Å². The molecule has 3 aromatic rings. The molecule has 1 aromatic heterocycles. The summed E-state index contributed by atoms with van der Waals surface area (Å²) in [6, 6.07) is 17.3. The van der Waals surface area contributed by atoms with Gasteiger partial charge in [-0.3, -0.25) is 14.6 Å². The van der Waals surface area contributed by atoms with Gasteiger partial charge in [0.15, 0.2) is 0 Å². The lowest BCUT2D eigenvalue weighted by Crippen LogP contribution is -2.26. The van der Waals surface area contributed by atoms with Gasteiger partial charge in [0, 0.05) is 24.6 Å². The van der Waals surface area contributed by atoms with E-state index in [2.05, 4.69) is 15.6 Å². The molecule has 0 spiro atoms. The molecule has 0 fully saturated rings. The largest absolute Gasteiger partial charge is 0.352 e. The van der Waals surface area contributed by atoms with Crippen molar-refractivity contribution in [1.29, 1.82) is 0 Å². The van der Waals surface area contributed by atoms with Crippen molar-refractivity contribution < 1.29 is 9.59 Å². The Morgan fingerprint density at radius 3 is 2.18 bits per heavy atom. The van der Waals surface area contributed by atoms with Gasteiger partial charge in [0.2, 0.25) is 0 Å². The maximum absolute atomic E-state index is 12.6. The van der Waals surface area contributed by atoms with Crippen LogP contribution >= 0.6 is 0 Å². The van der Waals surface area contributed by atoms with E-state index in [1.54, 1.807) is 6.07 Å². The van der Waals surface area contributed by atoms with Gasteiger partial charge in [0.05, 0.1) is 11.1 Å². The molecule has 0 saturated carbocycles. The zero-order valence-corrected chi connectivity index (χ0v) is 16.0. The highest BCUT2D eigenvalue weighted by Gasteiger charge is 2.13. The number of pyridine rings is 1. The third-order valence-electron chi connectivity index (χ3n) is 4.52. The van der Waals surface area contributed by atoms with Crippen molar-refractivity contribution >= 4 is 17.5 Å². The fourth-order valence-electron chi connectivity index (χ4n) is 2.95. The number of anilines is 1. The minimum atomic E-state index is -0.288. The highest BCUT2D eigenvalue weighted by atomic mass is 16.2. The number of carbonyl (C=O) groups excluding carboxylic acids is 2. The number of aromatic nitrogens is 1. The summed E-state index contributed by atoms with van der Waals surface area (Å²) in [4.78, 5) is 29.1. The van der Waals surface area contributed by atoms with Gasteiger partial charge in [-0.1, -0.05) is 48.5 Å². The lowest BCUT2D eigenvalue weighted by molar-refractivity contribution is 0.0953. The number of benzene rings is 2. The standard InChI is InChI=1S/C23H23N3O2/c1-16-7-6-8-17(2)21(16)26-23(28)20-13-19(14-24-15-20)22(27)25-12-11-18-9-4-3-5-10-18/h3-10,13-15H,11-12H2,1-2H3,(H,25,27)(H,26,28). The molecule has 142 valence electrons. The van der Waals surface area contributed by atoms with E-state index in [-0.39, 0.29) is 11.8 Å². The predicted octanol–water partition coefficient (Wildman–Crippen LogP) is 3.92. The summed E-state index contributed by atoms with van der Waals surface area (Å²) in [5.41, 5.74) is 4.61. The van der Waals surface area contributed by atoms with Gasteiger partial charge in [-0.05, 0) is 43.0 Å². The van der Waals surface area contributed by atoms with Crippen LogP contribution in [0, 0.1) is 13.8 Å². The second-order valence-corrected chi connectivity index (χ2v) is 6.67. The Bertz CT molecular complexity index is 964. The molecule has 0 aliphatic heterocycles. The molecule has 0 saturated heterocycles. The second-order valence-electron chi connectivity index (χ2n) is 6.67. The molecule has 2 amide bonds. The molecule has 2 N–H and O–H groups in total. The number of aryl methyl sites for hydroxylation is 2. The van der Waals surface area contributed by atoms with Gasteiger partial charge in [-0.25, -0.2) is 0 Å². The van der Waals surface area contributed by atoms with E-state index in [4.69, 9.17) is 0 Å². The third-order valence-corrected chi connectivity index (χ3v) is 4.52. The molecule has 0 unspecified atom stereocenters. The summed E-state index contributed by atoms with van der Waals surface area (Å²) in [5.74, 6) is -0.533. The van der Waals surface area contributed by atoms with E-state index in [1.165, 1.54) is 12.4 Å². The van der Waals surface area contributed by atoms with Crippen LogP contribution in [0.15, 0.2) is 67.0 Å². The number of amides is 2. The lowest BCUT2D eigenvalue weighted by atomic mass is 10.1. The zero-order chi connectivity index (χ0) is 19.9. The normalized spacial score (nSPS) is 10.4. The van der Waals surface area contributed by atoms with E-state index in [9.17, 15) is 9.59 Å². The van der Waals surface area contributed by atoms with Crippen molar-refractivity contribution in [2.24, 2.45) is 0 Å². The molecule has 0 aliphatic carbocycles. The Labute approximate surface area is 164 Å². The number of para-hydroxylation sites is 1. The number of nitrogens with one attached hydrogen (secondary N) is 2. The average Bonchev–Trinajstić information content (AvgIpc) is 2.71. The first-order valence-electron chi connectivity index (χ1n) is 9.19. The molecule has 0 radical (unpaired) electrons. The summed E-state index contributed by atoms with van der Waals surface area (Å²) in [7, 11) is 0. The van der Waals surface area contributed by atoms with Crippen molar-refractivity contribution in [2.45, 2.75) is 20.3 Å². The van der Waals surface area contributed by atoms with Crippen molar-refractivity contribution in [3.8, 4) is 0 Å². The number of hydrogen-bond acceptors (Lipinski definition) is 3. The minimum absolute atomic E-state index is 0.245. The van der Waals surface area contributed by atoms with Crippen LogP contribution in [0.4, 0.5) is 5.69 Å². The van der Waals surface area contributed by atoms with Gasteiger partial charge >= 0.3 is 0 Å². The smallest absolute Gasteiger partial charge is 0.257 e. The molecule has 3 rings (SSSR count). The quantitative estimate of drug-likeness (QED) is 0.688. The minimum Gasteiger partial charge on any atom is -0.352 e. The molecular formula is C23H23N3O2. The summed E-state index contributed by atoms with van der Waals surface area (Å²) in [6.45, 7) is 4.40. The van der Waals surface area contributed by atoms with Crippen LogP contribution in [0.2, 0.25) is 0 Å². The average molecular weight is 373 g/mol. The van der Waals surface area contributed by atoms with Gasteiger partial charge in [-0.2, -0.15) is 0 Å². The summed E-state index contributed by atoms with van der Waals surface area (Å²) >= 11 is 0. The Balaban J connectivity index is 1.64. The Morgan fingerprint density at radius 1 is 0.857 bits per heavy atom. The van der Waals surface area contributed by atoms with E-state index in [0.717, 1.165) is 28.8 Å². The molecule has 0 bridgehead atoms. The van der Waals surface area contributed by atoms with Crippen LogP contribution in [0.1, 0.15) is 37.4 Å². The van der Waals surface area contributed by atoms with Crippen LogP contribution in [-0.4, -0.2) is 23.3 Å². The molecule has 1 heterocycles. The topological polar surface area (TPSA) is 71.1 Å². The first-order chi connectivity index (χ1) is 13.5.